The number of hydrogen-bond donors (Lipinski definition) is 6. The molecule has 0 amide bonds. The molecule has 0 bridgehead atoms. The highest BCUT2D eigenvalue weighted by Crippen LogP contribution is 2.37. The fraction of sp³-hybridized carbons (Fsp3) is 0.353. The number of halogens is 1. The number of H-pyrrole nitrogens is 1. The Morgan fingerprint density at radius 3 is 2.81 bits per heavy atom. The standard InChI is InChI=1S/C17H19BrN5O8P/c18-9-1-2-10(30-17-14(25)13(24)11(31-17)5-29-32(26,27)28)8(3-9)4-19-15-12-16(21-6-20-12)23-7-22-15/h1-3,6-7,11,13-14,17,24-25H,4-5H2,(H2,26,27,28)(H2,19,20,21,22,23)/t11-,13-,14-,17?/m1/s1. The Kier molecular flexibility index (Phi) is 6.74. The largest absolute Gasteiger partial charge is 0.469 e. The fourth-order valence-corrected chi connectivity index (χ4v) is 3.87. The maximum absolute atomic E-state index is 10.9. The van der Waals surface area contributed by atoms with Crippen LogP contribution in [0, 0.1) is 0 Å². The van der Waals surface area contributed by atoms with Crippen LogP contribution in [-0.4, -0.2) is 71.1 Å². The van der Waals surface area contributed by atoms with Crippen molar-refractivity contribution in [2.45, 2.75) is 31.1 Å². The van der Waals surface area contributed by atoms with Crippen molar-refractivity contribution < 1.29 is 38.6 Å². The molecular weight excluding hydrogens is 513 g/mol. The zero-order valence-electron chi connectivity index (χ0n) is 16.2. The molecule has 0 radical (unpaired) electrons. The SMILES string of the molecule is O=P(O)(O)OC[C@H]1OC(Oc2ccc(Br)cc2CNc2ncnc3nc[nH]c23)[C@H](O)[C@@H]1O. The highest BCUT2D eigenvalue weighted by atomic mass is 79.9. The number of nitrogens with zero attached hydrogens (tertiary/aromatic N) is 3. The number of rotatable bonds is 8. The number of ether oxygens (including phenoxy) is 2. The normalized spacial score (nSPS) is 23.5. The number of anilines is 1. The van der Waals surface area contributed by atoms with Gasteiger partial charge in [0.25, 0.3) is 0 Å². The van der Waals surface area contributed by atoms with Crippen molar-refractivity contribution in [3.63, 3.8) is 0 Å². The summed E-state index contributed by atoms with van der Waals surface area (Å²) in [5, 5.41) is 23.5. The molecule has 1 fully saturated rings. The van der Waals surface area contributed by atoms with E-state index in [1.54, 1.807) is 18.2 Å². The third kappa shape index (κ3) is 5.24. The first-order valence-electron chi connectivity index (χ1n) is 9.26. The molecule has 3 heterocycles. The minimum atomic E-state index is -4.76. The smallest absolute Gasteiger partial charge is 0.462 e. The number of phosphoric acid groups is 1. The van der Waals surface area contributed by atoms with Gasteiger partial charge in [0.2, 0.25) is 6.29 Å². The molecule has 0 aliphatic carbocycles. The van der Waals surface area contributed by atoms with E-state index in [9.17, 15) is 14.8 Å². The first-order valence-corrected chi connectivity index (χ1v) is 11.6. The first-order chi connectivity index (χ1) is 15.2. The van der Waals surface area contributed by atoms with Crippen LogP contribution in [-0.2, 0) is 20.4 Å². The molecule has 2 aromatic heterocycles. The first kappa shape index (κ1) is 23.0. The summed E-state index contributed by atoms with van der Waals surface area (Å²) in [4.78, 5) is 33.0. The highest BCUT2D eigenvalue weighted by molar-refractivity contribution is 9.10. The van der Waals surface area contributed by atoms with Gasteiger partial charge in [-0.3, -0.25) is 4.52 Å². The van der Waals surface area contributed by atoms with Crippen LogP contribution in [0.4, 0.5) is 5.82 Å². The Labute approximate surface area is 189 Å². The van der Waals surface area contributed by atoms with E-state index in [1.807, 2.05) is 0 Å². The predicted octanol–water partition coefficient (Wildman–Crippen LogP) is 0.662. The minimum absolute atomic E-state index is 0.274. The van der Waals surface area contributed by atoms with Crippen LogP contribution >= 0.6 is 23.8 Å². The third-order valence-electron chi connectivity index (χ3n) is 4.66. The molecule has 1 saturated heterocycles. The Morgan fingerprint density at radius 2 is 2.03 bits per heavy atom. The molecule has 13 nitrogen and oxygen atoms in total. The summed E-state index contributed by atoms with van der Waals surface area (Å²) >= 11 is 3.40. The zero-order valence-corrected chi connectivity index (χ0v) is 18.7. The van der Waals surface area contributed by atoms with Gasteiger partial charge in [0.1, 0.15) is 35.9 Å². The van der Waals surface area contributed by atoms with E-state index >= 15 is 0 Å². The summed E-state index contributed by atoms with van der Waals surface area (Å²) in [6.45, 7) is -0.346. The van der Waals surface area contributed by atoms with Crippen LogP contribution in [0.5, 0.6) is 5.75 Å². The number of aromatic amines is 1. The summed E-state index contributed by atoms with van der Waals surface area (Å²) in [5.74, 6) is 0.879. The van der Waals surface area contributed by atoms with E-state index in [1.165, 1.54) is 12.7 Å². The number of imidazole rings is 1. The minimum Gasteiger partial charge on any atom is -0.462 e. The Morgan fingerprint density at radius 1 is 1.22 bits per heavy atom. The quantitative estimate of drug-likeness (QED) is 0.223. The molecule has 1 aliphatic rings. The Balaban J connectivity index is 1.47. The van der Waals surface area contributed by atoms with Gasteiger partial charge >= 0.3 is 7.82 Å². The van der Waals surface area contributed by atoms with E-state index in [0.29, 0.717) is 28.3 Å². The lowest BCUT2D eigenvalue weighted by atomic mass is 10.1. The Bertz CT molecular complexity index is 1140. The fourth-order valence-electron chi connectivity index (χ4n) is 3.12. The summed E-state index contributed by atoms with van der Waals surface area (Å²) < 4.78 is 27.2. The van der Waals surface area contributed by atoms with Crippen LogP contribution in [0.2, 0.25) is 0 Å². The number of nitrogens with one attached hydrogen (secondary N) is 2. The van der Waals surface area contributed by atoms with Crippen LogP contribution in [0.1, 0.15) is 5.56 Å². The van der Waals surface area contributed by atoms with Crippen LogP contribution in [0.3, 0.4) is 0 Å². The number of fused-ring (bicyclic) bond motifs is 1. The molecule has 1 aromatic carbocycles. The van der Waals surface area contributed by atoms with Crippen LogP contribution in [0.15, 0.2) is 35.3 Å². The van der Waals surface area contributed by atoms with Crippen LogP contribution < -0.4 is 10.1 Å². The van der Waals surface area contributed by atoms with Crippen molar-refractivity contribution >= 4 is 40.7 Å². The summed E-state index contributed by atoms with van der Waals surface area (Å²) in [5.41, 5.74) is 1.81. The van der Waals surface area contributed by atoms with Gasteiger partial charge in [0.15, 0.2) is 11.5 Å². The monoisotopic (exact) mass is 531 g/mol. The highest BCUT2D eigenvalue weighted by Gasteiger charge is 2.45. The summed E-state index contributed by atoms with van der Waals surface area (Å²) in [6.07, 6.45) is -2.50. The second kappa shape index (κ2) is 9.37. The van der Waals surface area contributed by atoms with Gasteiger partial charge in [-0.1, -0.05) is 15.9 Å². The molecular formula is C17H19BrN5O8P. The van der Waals surface area contributed by atoms with Gasteiger partial charge in [-0.2, -0.15) is 0 Å². The molecule has 32 heavy (non-hydrogen) atoms. The van der Waals surface area contributed by atoms with Crippen molar-refractivity contribution in [3.05, 3.63) is 40.9 Å². The average molecular weight is 532 g/mol. The number of phosphoric ester groups is 1. The van der Waals surface area contributed by atoms with Crippen molar-refractivity contribution in [1.29, 1.82) is 0 Å². The maximum Gasteiger partial charge on any atom is 0.469 e. The van der Waals surface area contributed by atoms with E-state index in [2.05, 4.69) is 45.7 Å². The van der Waals surface area contributed by atoms with Crippen LogP contribution in [0.25, 0.3) is 11.2 Å². The van der Waals surface area contributed by atoms with Gasteiger partial charge in [-0.15, -0.1) is 0 Å². The third-order valence-corrected chi connectivity index (χ3v) is 5.64. The molecule has 4 atom stereocenters. The molecule has 3 aromatic rings. The number of benzene rings is 1. The Hall–Kier alpha value is -2.16. The van der Waals surface area contributed by atoms with E-state index in [-0.39, 0.29) is 6.54 Å². The molecule has 1 unspecified atom stereocenters. The van der Waals surface area contributed by atoms with Gasteiger partial charge in [-0.25, -0.2) is 19.5 Å². The summed E-state index contributed by atoms with van der Waals surface area (Å²) in [7, 11) is -4.76. The molecule has 0 saturated carbocycles. The van der Waals surface area contributed by atoms with Gasteiger partial charge in [0.05, 0.1) is 12.9 Å². The predicted molar refractivity (Wildman–Crippen MR) is 112 cm³/mol. The van der Waals surface area contributed by atoms with Gasteiger partial charge in [-0.05, 0) is 18.2 Å². The van der Waals surface area contributed by atoms with Gasteiger partial charge < -0.3 is 39.8 Å². The van der Waals surface area contributed by atoms with Crippen molar-refractivity contribution in [1.82, 2.24) is 19.9 Å². The van der Waals surface area contributed by atoms with E-state index < -0.39 is 39.0 Å². The van der Waals surface area contributed by atoms with Crippen molar-refractivity contribution in [3.8, 4) is 5.75 Å². The molecule has 6 N–H and O–H groups in total. The summed E-state index contributed by atoms with van der Waals surface area (Å²) in [6, 6.07) is 5.16. The second-order valence-electron chi connectivity index (χ2n) is 6.86. The van der Waals surface area contributed by atoms with E-state index in [0.717, 1.165) is 4.47 Å². The molecule has 172 valence electrons. The van der Waals surface area contributed by atoms with Crippen molar-refractivity contribution in [2.75, 3.05) is 11.9 Å². The number of aromatic nitrogens is 4. The van der Waals surface area contributed by atoms with E-state index in [4.69, 9.17) is 19.3 Å². The lowest BCUT2D eigenvalue weighted by molar-refractivity contribution is -0.116. The van der Waals surface area contributed by atoms with Crippen molar-refractivity contribution in [2.24, 2.45) is 0 Å². The van der Waals surface area contributed by atoms with Gasteiger partial charge in [0, 0.05) is 16.6 Å². The maximum atomic E-state index is 10.9. The molecule has 15 heteroatoms. The lowest BCUT2D eigenvalue weighted by Crippen LogP contribution is -2.36. The molecule has 0 spiro atoms. The second-order valence-corrected chi connectivity index (χ2v) is 9.01. The average Bonchev–Trinajstić information content (AvgIpc) is 3.32. The number of aliphatic hydroxyl groups excluding tert-OH is 2. The molecule has 1 aliphatic heterocycles. The number of hydrogen-bond acceptors (Lipinski definition) is 10. The zero-order chi connectivity index (χ0) is 22.9. The number of aliphatic hydroxyl groups is 2. The lowest BCUT2D eigenvalue weighted by Gasteiger charge is -2.20. The molecule has 4 rings (SSSR count). The topological polar surface area (TPSA) is 192 Å².